The minimum Gasteiger partial charge on any atom is -0.493 e. The number of aromatic nitrogens is 4. The number of aromatic amines is 1. The molecule has 1 saturated heterocycles. The highest BCUT2D eigenvalue weighted by Gasteiger charge is 2.33. The predicted molar refractivity (Wildman–Crippen MR) is 151 cm³/mol. The van der Waals surface area contributed by atoms with Crippen molar-refractivity contribution in [2.45, 2.75) is 44.4 Å². The molecule has 1 aliphatic heterocycles. The number of nitrogens with zero attached hydrogens (tertiary/aromatic N) is 4. The molecule has 4 heterocycles. The molecule has 10 nitrogen and oxygen atoms in total. The predicted octanol–water partition coefficient (Wildman–Crippen LogP) is 4.60. The molecule has 2 fully saturated rings. The number of ether oxygens (including phenoxy) is 1. The monoisotopic (exact) mass is 563 g/mol. The Morgan fingerprint density at radius 2 is 1.82 bits per heavy atom. The van der Waals surface area contributed by atoms with Crippen LogP contribution in [0.3, 0.4) is 0 Å². The largest absolute Gasteiger partial charge is 0.493 e. The molecule has 0 spiro atoms. The fourth-order valence-electron chi connectivity index (χ4n) is 6.24. The molecule has 1 saturated carbocycles. The summed E-state index contributed by atoms with van der Waals surface area (Å²) in [5, 5.41) is 11.1. The molecule has 1 aliphatic carbocycles. The van der Waals surface area contributed by atoms with Crippen molar-refractivity contribution in [1.82, 2.24) is 24.2 Å². The first-order valence-corrected chi connectivity index (χ1v) is 15.5. The molecule has 1 unspecified atom stereocenters. The van der Waals surface area contributed by atoms with Crippen molar-refractivity contribution in [3.05, 3.63) is 60.3 Å². The summed E-state index contributed by atoms with van der Waals surface area (Å²) in [5.74, 6) is 0.350. The van der Waals surface area contributed by atoms with Crippen LogP contribution in [0.4, 0.5) is 0 Å². The highest BCUT2D eigenvalue weighted by molar-refractivity contribution is 7.89. The Kier molecular flexibility index (Phi) is 7.41. The average molecular weight is 564 g/mol. The number of carbonyl (C=O) groups is 1. The molecule has 3 aromatic heterocycles. The second-order valence-corrected chi connectivity index (χ2v) is 13.0. The second kappa shape index (κ2) is 11.1. The zero-order valence-electron chi connectivity index (χ0n) is 22.2. The summed E-state index contributed by atoms with van der Waals surface area (Å²) in [7, 11) is -3.37. The number of pyridine rings is 1. The highest BCUT2D eigenvalue weighted by Crippen LogP contribution is 2.39. The molecular weight excluding hydrogens is 530 g/mol. The number of H-pyrrole nitrogens is 1. The normalized spacial score (nSPS) is 22.4. The van der Waals surface area contributed by atoms with Crippen LogP contribution < -0.4 is 4.74 Å². The summed E-state index contributed by atoms with van der Waals surface area (Å²) < 4.78 is 34.4. The molecule has 40 heavy (non-hydrogen) atoms. The van der Waals surface area contributed by atoms with Crippen LogP contribution in [0.1, 0.15) is 60.5 Å². The summed E-state index contributed by atoms with van der Waals surface area (Å²) in [4.78, 5) is 27.6. The molecule has 2 N–H and O–H groups in total. The molecule has 210 valence electrons. The van der Waals surface area contributed by atoms with Crippen molar-refractivity contribution in [1.29, 1.82) is 0 Å². The first-order valence-electron chi connectivity index (χ1n) is 13.9. The van der Waals surface area contributed by atoms with Crippen LogP contribution in [-0.2, 0) is 10.0 Å². The van der Waals surface area contributed by atoms with Gasteiger partial charge in [0.25, 0.3) is 0 Å². The standard InChI is InChI=1S/C29H33N5O5S/c35-29(36)22-7-9-23(10-8-22)39-16-20-2-1-13-34(15-20)40(37,38)17-19-3-5-21(6-4-19)27-26-24-11-12-30-28(24)31-14-25(26)32-18-33-27/h7-12,14,18-21H,1-6,13,15-17H2,(H,32,33)(H,35,36). The number of carboxylic acids is 1. The molecule has 0 bridgehead atoms. The van der Waals surface area contributed by atoms with Gasteiger partial charge in [-0.2, -0.15) is 0 Å². The lowest BCUT2D eigenvalue weighted by Crippen LogP contribution is -2.43. The van der Waals surface area contributed by atoms with Gasteiger partial charge in [0.05, 0.1) is 36.0 Å². The van der Waals surface area contributed by atoms with E-state index >= 15 is 0 Å². The van der Waals surface area contributed by atoms with E-state index < -0.39 is 16.0 Å². The number of benzene rings is 1. The summed E-state index contributed by atoms with van der Waals surface area (Å²) in [5.41, 5.74) is 2.91. The number of carboxylic acid groups (broad SMARTS) is 1. The van der Waals surface area contributed by atoms with Gasteiger partial charge < -0.3 is 14.8 Å². The van der Waals surface area contributed by atoms with Gasteiger partial charge in [0.1, 0.15) is 5.75 Å². The lowest BCUT2D eigenvalue weighted by Gasteiger charge is -2.34. The van der Waals surface area contributed by atoms with Gasteiger partial charge in [-0.15, -0.1) is 0 Å². The van der Waals surface area contributed by atoms with Gasteiger partial charge in [-0.1, -0.05) is 0 Å². The molecule has 11 heteroatoms. The SMILES string of the molecule is O=C(O)c1ccc(OCC2CCCN(S(=O)(=O)CC3CCC(c4[nH]cnc5cnc6nccc6c45)CC3)C2)cc1. The van der Waals surface area contributed by atoms with Crippen molar-refractivity contribution in [2.24, 2.45) is 11.8 Å². The molecule has 0 amide bonds. The van der Waals surface area contributed by atoms with Crippen LogP contribution in [0.15, 0.2) is 49.1 Å². The Morgan fingerprint density at radius 3 is 2.60 bits per heavy atom. The lowest BCUT2D eigenvalue weighted by atomic mass is 9.80. The summed E-state index contributed by atoms with van der Waals surface area (Å²) in [6, 6.07) is 8.28. The molecule has 0 radical (unpaired) electrons. The smallest absolute Gasteiger partial charge is 0.335 e. The van der Waals surface area contributed by atoms with Crippen LogP contribution in [0, 0.1) is 11.8 Å². The Hall–Kier alpha value is -3.57. The fraction of sp³-hybridized carbons (Fsp3) is 0.448. The van der Waals surface area contributed by atoms with Gasteiger partial charge in [-0.3, -0.25) is 0 Å². The highest BCUT2D eigenvalue weighted by atomic mass is 32.2. The van der Waals surface area contributed by atoms with Crippen molar-refractivity contribution in [2.75, 3.05) is 25.4 Å². The first-order chi connectivity index (χ1) is 19.4. The molecule has 1 aromatic carbocycles. The van der Waals surface area contributed by atoms with Crippen molar-refractivity contribution >= 4 is 37.9 Å². The molecule has 6 rings (SSSR count). The quantitative estimate of drug-likeness (QED) is 0.317. The minimum atomic E-state index is -3.37. The van der Waals surface area contributed by atoms with Crippen LogP contribution in [0.2, 0.25) is 0 Å². The van der Waals surface area contributed by atoms with Gasteiger partial charge in [0.15, 0.2) is 5.65 Å². The van der Waals surface area contributed by atoms with E-state index in [1.165, 1.54) is 12.1 Å². The number of fused-ring (bicyclic) bond motifs is 3. The van der Waals surface area contributed by atoms with E-state index in [1.54, 1.807) is 35.2 Å². The maximum absolute atomic E-state index is 13.4. The fourth-order valence-corrected chi connectivity index (χ4v) is 8.23. The lowest BCUT2D eigenvalue weighted by molar-refractivity contribution is 0.0697. The van der Waals surface area contributed by atoms with Gasteiger partial charge in [0, 0.05) is 41.7 Å². The molecule has 1 atom stereocenters. The van der Waals surface area contributed by atoms with E-state index in [4.69, 9.17) is 9.84 Å². The zero-order valence-corrected chi connectivity index (χ0v) is 23.0. The number of piperidine rings is 1. The Bertz CT molecular complexity index is 1610. The maximum atomic E-state index is 13.4. The summed E-state index contributed by atoms with van der Waals surface area (Å²) >= 11 is 0. The van der Waals surface area contributed by atoms with E-state index in [9.17, 15) is 13.2 Å². The van der Waals surface area contributed by atoms with E-state index in [2.05, 4.69) is 19.9 Å². The maximum Gasteiger partial charge on any atom is 0.335 e. The van der Waals surface area contributed by atoms with Crippen LogP contribution in [0.5, 0.6) is 5.75 Å². The number of hydrogen-bond acceptors (Lipinski definition) is 7. The topological polar surface area (TPSA) is 138 Å². The van der Waals surface area contributed by atoms with Crippen molar-refractivity contribution in [3.8, 4) is 5.75 Å². The van der Waals surface area contributed by atoms with Gasteiger partial charge in [-0.05, 0) is 80.7 Å². The van der Waals surface area contributed by atoms with E-state index in [0.717, 1.165) is 66.2 Å². The average Bonchev–Trinajstić information content (AvgIpc) is 3.46. The van der Waals surface area contributed by atoms with E-state index in [-0.39, 0.29) is 23.2 Å². The number of rotatable bonds is 8. The number of sulfonamides is 1. The molecule has 2 aliphatic rings. The van der Waals surface area contributed by atoms with Crippen LogP contribution in [-0.4, -0.2) is 69.2 Å². The van der Waals surface area contributed by atoms with E-state index in [1.807, 2.05) is 6.07 Å². The van der Waals surface area contributed by atoms with Crippen LogP contribution in [0.25, 0.3) is 21.9 Å². The number of aromatic carboxylic acids is 1. The van der Waals surface area contributed by atoms with Gasteiger partial charge >= 0.3 is 5.97 Å². The minimum absolute atomic E-state index is 0.103. The second-order valence-electron chi connectivity index (χ2n) is 11.0. The number of nitrogens with one attached hydrogen (secondary N) is 1. The van der Waals surface area contributed by atoms with Crippen molar-refractivity contribution < 1.29 is 23.1 Å². The third kappa shape index (κ3) is 5.53. The molecular formula is C29H33N5O5S. The van der Waals surface area contributed by atoms with Gasteiger partial charge in [0.2, 0.25) is 10.0 Å². The van der Waals surface area contributed by atoms with Crippen LogP contribution >= 0.6 is 0 Å². The number of hydrogen-bond donors (Lipinski definition) is 2. The summed E-state index contributed by atoms with van der Waals surface area (Å²) in [6.07, 6.45) is 10.5. The Balaban J connectivity index is 1.05. The zero-order chi connectivity index (χ0) is 27.7. The Labute approximate surface area is 232 Å². The molecule has 4 aromatic rings. The first kappa shape index (κ1) is 26.6. The van der Waals surface area contributed by atoms with E-state index in [0.29, 0.717) is 31.4 Å². The third-order valence-electron chi connectivity index (χ3n) is 8.37. The van der Waals surface area contributed by atoms with Gasteiger partial charge in [-0.25, -0.2) is 32.5 Å². The Morgan fingerprint density at radius 1 is 1.02 bits per heavy atom. The summed E-state index contributed by atoms with van der Waals surface area (Å²) in [6.45, 7) is 1.42. The third-order valence-corrected chi connectivity index (χ3v) is 10.4. The van der Waals surface area contributed by atoms with Crippen molar-refractivity contribution in [3.63, 3.8) is 0 Å².